The first-order valence-electron chi connectivity index (χ1n) is 13.0. The summed E-state index contributed by atoms with van der Waals surface area (Å²) in [6.45, 7) is 8.66. The maximum absolute atomic E-state index is 14.1. The van der Waals surface area contributed by atoms with Gasteiger partial charge >= 0.3 is 0 Å². The molecule has 0 aliphatic rings. The molecule has 3 rings (SSSR count). The van der Waals surface area contributed by atoms with Crippen LogP contribution in [0.2, 0.25) is 5.02 Å². The number of para-hydroxylation sites is 2. The minimum atomic E-state index is -4.20. The summed E-state index contributed by atoms with van der Waals surface area (Å²) in [5.41, 5.74) is 0.301. The lowest BCUT2D eigenvalue weighted by atomic mass is 10.1. The van der Waals surface area contributed by atoms with Crippen LogP contribution >= 0.6 is 11.6 Å². The van der Waals surface area contributed by atoms with E-state index in [0.29, 0.717) is 22.9 Å². The molecule has 0 saturated carbocycles. The van der Waals surface area contributed by atoms with Crippen LogP contribution in [0.5, 0.6) is 5.75 Å². The Labute approximate surface area is 241 Å². The summed E-state index contributed by atoms with van der Waals surface area (Å²) in [7, 11) is -4.20. The lowest BCUT2D eigenvalue weighted by Gasteiger charge is -2.34. The van der Waals surface area contributed by atoms with Crippen LogP contribution in [0.3, 0.4) is 0 Å². The Kier molecular flexibility index (Phi) is 10.2. The lowest BCUT2D eigenvalue weighted by Crippen LogP contribution is -2.54. The fraction of sp³-hybridized carbons (Fsp3) is 0.333. The molecule has 3 aromatic rings. The number of anilines is 1. The monoisotopic (exact) mass is 585 g/mol. The zero-order valence-corrected chi connectivity index (χ0v) is 25.0. The van der Waals surface area contributed by atoms with Gasteiger partial charge < -0.3 is 15.0 Å². The summed E-state index contributed by atoms with van der Waals surface area (Å²) in [6.07, 6.45) is 0. The van der Waals surface area contributed by atoms with Crippen LogP contribution in [-0.2, 0) is 26.2 Å². The molecule has 0 heterocycles. The van der Waals surface area contributed by atoms with Gasteiger partial charge in [0, 0.05) is 17.1 Å². The first-order chi connectivity index (χ1) is 18.8. The van der Waals surface area contributed by atoms with Crippen molar-refractivity contribution in [2.75, 3.05) is 17.5 Å². The Morgan fingerprint density at radius 2 is 1.55 bits per heavy atom. The molecule has 0 fully saturated rings. The van der Waals surface area contributed by atoms with Crippen molar-refractivity contribution in [2.24, 2.45) is 0 Å². The molecular formula is C30H36ClN3O5S. The van der Waals surface area contributed by atoms with E-state index >= 15 is 0 Å². The molecule has 0 unspecified atom stereocenters. The first-order valence-corrected chi connectivity index (χ1v) is 14.8. The van der Waals surface area contributed by atoms with Crippen molar-refractivity contribution in [1.29, 1.82) is 0 Å². The normalized spacial score (nSPS) is 12.3. The van der Waals surface area contributed by atoms with Gasteiger partial charge in [-0.1, -0.05) is 60.1 Å². The van der Waals surface area contributed by atoms with Crippen molar-refractivity contribution >= 4 is 39.1 Å². The summed E-state index contributed by atoms with van der Waals surface area (Å²) in [5, 5.41) is 3.33. The van der Waals surface area contributed by atoms with Gasteiger partial charge in [0.25, 0.3) is 10.0 Å². The summed E-state index contributed by atoms with van der Waals surface area (Å²) in [4.78, 5) is 28.6. The highest BCUT2D eigenvalue weighted by Gasteiger charge is 2.34. The predicted molar refractivity (Wildman–Crippen MR) is 158 cm³/mol. The second-order valence-electron chi connectivity index (χ2n) is 10.3. The Balaban J connectivity index is 2.09. The van der Waals surface area contributed by atoms with Crippen molar-refractivity contribution in [3.05, 3.63) is 89.4 Å². The molecule has 2 amide bonds. The Bertz CT molecular complexity index is 1420. The van der Waals surface area contributed by atoms with Crippen LogP contribution in [0, 0.1) is 0 Å². The highest BCUT2D eigenvalue weighted by molar-refractivity contribution is 7.92. The average molecular weight is 586 g/mol. The van der Waals surface area contributed by atoms with Gasteiger partial charge in [-0.25, -0.2) is 8.42 Å². The van der Waals surface area contributed by atoms with E-state index in [0.717, 1.165) is 4.31 Å². The standard InChI is InChI=1S/C30H36ClN3O5S/c1-6-39-27-19-13-12-18-26(27)34(40(37,38)24-15-8-7-9-16-24)21-28(35)33(20-23-14-10-11-17-25(23)31)22(2)29(36)32-30(3,4)5/h7-19,22H,6,20-21H2,1-5H3,(H,32,36)/t22-/m0/s1. The van der Waals surface area contributed by atoms with Crippen molar-refractivity contribution < 1.29 is 22.7 Å². The minimum absolute atomic E-state index is 0.00354. The van der Waals surface area contributed by atoms with Crippen LogP contribution in [0.4, 0.5) is 5.69 Å². The third kappa shape index (κ3) is 7.76. The quantitative estimate of drug-likeness (QED) is 0.331. The second-order valence-corrected chi connectivity index (χ2v) is 12.5. The number of halogens is 1. The molecule has 8 nitrogen and oxygen atoms in total. The zero-order valence-electron chi connectivity index (χ0n) is 23.4. The summed E-state index contributed by atoms with van der Waals surface area (Å²) in [6, 6.07) is 20.6. The number of nitrogens with zero attached hydrogens (tertiary/aromatic N) is 2. The van der Waals surface area contributed by atoms with Crippen molar-refractivity contribution in [1.82, 2.24) is 10.2 Å². The van der Waals surface area contributed by atoms with Crippen molar-refractivity contribution in [3.8, 4) is 5.75 Å². The molecule has 3 aromatic carbocycles. The molecule has 0 aliphatic carbocycles. The van der Waals surface area contributed by atoms with E-state index in [1.165, 1.54) is 17.0 Å². The smallest absolute Gasteiger partial charge is 0.264 e. The minimum Gasteiger partial charge on any atom is -0.492 e. The number of hydrogen-bond donors (Lipinski definition) is 1. The van der Waals surface area contributed by atoms with E-state index < -0.39 is 34.1 Å². The van der Waals surface area contributed by atoms with Crippen LogP contribution in [0.15, 0.2) is 83.8 Å². The third-order valence-electron chi connectivity index (χ3n) is 6.01. The molecule has 0 saturated heterocycles. The Morgan fingerprint density at radius 1 is 0.950 bits per heavy atom. The van der Waals surface area contributed by atoms with Crippen molar-refractivity contribution in [3.63, 3.8) is 0 Å². The molecule has 1 N–H and O–H groups in total. The molecular weight excluding hydrogens is 550 g/mol. The van der Waals surface area contributed by atoms with Crippen molar-refractivity contribution in [2.45, 2.75) is 57.6 Å². The predicted octanol–water partition coefficient (Wildman–Crippen LogP) is 5.27. The molecule has 1 atom stereocenters. The van der Waals surface area contributed by atoms with E-state index in [2.05, 4.69) is 5.32 Å². The van der Waals surface area contributed by atoms with Gasteiger partial charge in [-0.15, -0.1) is 0 Å². The highest BCUT2D eigenvalue weighted by atomic mass is 35.5. The number of amides is 2. The topological polar surface area (TPSA) is 96.0 Å². The SMILES string of the molecule is CCOc1ccccc1N(CC(=O)N(Cc1ccccc1Cl)[C@@H](C)C(=O)NC(C)(C)C)S(=O)(=O)c1ccccc1. The number of hydrogen-bond acceptors (Lipinski definition) is 5. The fourth-order valence-electron chi connectivity index (χ4n) is 4.04. The maximum Gasteiger partial charge on any atom is 0.264 e. The van der Waals surface area contributed by atoms with E-state index in [1.54, 1.807) is 80.6 Å². The number of sulfonamides is 1. The van der Waals surface area contributed by atoms with E-state index in [9.17, 15) is 18.0 Å². The van der Waals surface area contributed by atoms with Gasteiger partial charge in [-0.2, -0.15) is 0 Å². The van der Waals surface area contributed by atoms with Gasteiger partial charge in [0.15, 0.2) is 0 Å². The molecule has 10 heteroatoms. The van der Waals surface area contributed by atoms with E-state index in [1.807, 2.05) is 20.8 Å². The number of rotatable bonds is 11. The van der Waals surface area contributed by atoms with E-state index in [-0.39, 0.29) is 23.0 Å². The molecule has 0 bridgehead atoms. The second kappa shape index (κ2) is 13.2. The summed E-state index contributed by atoms with van der Waals surface area (Å²) in [5.74, 6) is -0.643. The fourth-order valence-corrected chi connectivity index (χ4v) is 5.68. The van der Waals surface area contributed by atoms with Crippen LogP contribution in [0.1, 0.15) is 40.2 Å². The van der Waals surface area contributed by atoms with Gasteiger partial charge in [0.1, 0.15) is 18.3 Å². The van der Waals surface area contributed by atoms with E-state index in [4.69, 9.17) is 16.3 Å². The van der Waals surface area contributed by atoms with Gasteiger partial charge in [0.05, 0.1) is 17.2 Å². The number of ether oxygens (including phenoxy) is 1. The molecule has 0 aliphatic heterocycles. The largest absolute Gasteiger partial charge is 0.492 e. The van der Waals surface area contributed by atoms with Crippen LogP contribution < -0.4 is 14.4 Å². The van der Waals surface area contributed by atoms with Gasteiger partial charge in [-0.3, -0.25) is 13.9 Å². The summed E-state index contributed by atoms with van der Waals surface area (Å²) < 4.78 is 34.7. The molecule has 214 valence electrons. The van der Waals surface area contributed by atoms with Gasteiger partial charge in [-0.05, 0) is 70.5 Å². The molecule has 0 aromatic heterocycles. The Morgan fingerprint density at radius 3 is 2.17 bits per heavy atom. The maximum atomic E-state index is 14.1. The average Bonchev–Trinajstić information content (AvgIpc) is 2.91. The van der Waals surface area contributed by atoms with Crippen LogP contribution in [0.25, 0.3) is 0 Å². The third-order valence-corrected chi connectivity index (χ3v) is 8.15. The molecule has 0 radical (unpaired) electrons. The summed E-state index contributed by atoms with van der Waals surface area (Å²) >= 11 is 6.41. The van der Waals surface area contributed by atoms with Crippen LogP contribution in [-0.4, -0.2) is 49.9 Å². The number of nitrogens with one attached hydrogen (secondary N) is 1. The zero-order chi connectivity index (χ0) is 29.5. The first kappa shape index (κ1) is 31.0. The van der Waals surface area contributed by atoms with Gasteiger partial charge in [0.2, 0.25) is 11.8 Å². The Hall–Kier alpha value is -3.56. The molecule has 40 heavy (non-hydrogen) atoms. The number of benzene rings is 3. The highest BCUT2D eigenvalue weighted by Crippen LogP contribution is 2.33. The number of carbonyl (C=O) groups is 2. The molecule has 0 spiro atoms. The number of carbonyl (C=O) groups excluding carboxylic acids is 2. The lowest BCUT2D eigenvalue weighted by molar-refractivity contribution is -0.140.